The molecule has 4 saturated heterocycles. The average molecular weight is 1330 g/mol. The molecule has 480 valence electrons. The number of carboxylic acids is 1. The summed E-state index contributed by atoms with van der Waals surface area (Å²) in [6, 6.07) is 22.4. The number of likely N-dealkylation sites (tertiary alicyclic amines) is 3. The van der Waals surface area contributed by atoms with Gasteiger partial charge in [0.15, 0.2) is 23.0 Å². The second kappa shape index (κ2) is 29.5. The van der Waals surface area contributed by atoms with Gasteiger partial charge in [-0.25, -0.2) is 22.4 Å². The number of anilines is 2. The Hall–Kier alpha value is -8.76. The molecular formula is C62H64Cl2F4N12O9S2. The van der Waals surface area contributed by atoms with E-state index in [1.54, 1.807) is 65.6 Å². The Balaban J connectivity index is 0.000000214. The van der Waals surface area contributed by atoms with Crippen molar-refractivity contribution >= 4 is 125 Å². The van der Waals surface area contributed by atoms with Gasteiger partial charge in [0.1, 0.15) is 42.4 Å². The van der Waals surface area contributed by atoms with Crippen LogP contribution in [0.3, 0.4) is 0 Å². The lowest BCUT2D eigenvalue weighted by atomic mass is 10.0. The van der Waals surface area contributed by atoms with Gasteiger partial charge in [-0.15, -0.1) is 22.7 Å². The summed E-state index contributed by atoms with van der Waals surface area (Å²) in [5.74, 6) is -7.55. The van der Waals surface area contributed by atoms with Crippen molar-refractivity contribution < 1.29 is 61.0 Å². The number of halogens is 6. The van der Waals surface area contributed by atoms with E-state index in [9.17, 15) is 52.2 Å². The molecule has 91 heavy (non-hydrogen) atoms. The van der Waals surface area contributed by atoms with Gasteiger partial charge in [0.25, 0.3) is 17.7 Å². The Morgan fingerprint density at radius 2 is 1.00 bits per heavy atom. The SMILES string of the molecule is C.C.C1CCNC1.NC(=O)c1nn(CC(=O)N2C[C@H](F)C[C@H]2C(=O)Nc2cccc(-c3ccccc3Cl)c2F)c2cc(C(=O)N3CCCC3)sc12.NC(=O)c1nn(CC(=O)N2C[C@H](F)C[C@H]2C(=O)Nc2cccc(-c3ccccc3Cl)c2F)c2cc(C(=O)O)sc12. The van der Waals surface area contributed by atoms with Gasteiger partial charge in [0.2, 0.25) is 23.6 Å². The fourth-order valence-electron chi connectivity index (χ4n) is 10.9. The van der Waals surface area contributed by atoms with Crippen LogP contribution >= 0.6 is 45.9 Å². The molecule has 0 radical (unpaired) electrons. The first-order valence-electron chi connectivity index (χ1n) is 28.1. The third-order valence-corrected chi connectivity index (χ3v) is 18.1. The number of carbonyl (C=O) groups excluding carboxylic acids is 7. The molecule has 12 rings (SSSR count). The molecule has 4 aromatic heterocycles. The van der Waals surface area contributed by atoms with Gasteiger partial charge in [-0.2, -0.15) is 10.2 Å². The third kappa shape index (κ3) is 14.9. The second-order valence-electron chi connectivity index (χ2n) is 21.2. The molecule has 4 aromatic carbocycles. The lowest BCUT2D eigenvalue weighted by molar-refractivity contribution is -0.137. The van der Waals surface area contributed by atoms with Crippen LogP contribution in [0.5, 0.6) is 0 Å². The van der Waals surface area contributed by atoms with E-state index in [-0.39, 0.29) is 89.1 Å². The third-order valence-electron chi connectivity index (χ3n) is 15.2. The first-order chi connectivity index (χ1) is 42.7. The number of hydrogen-bond acceptors (Lipinski definition) is 13. The zero-order valence-corrected chi connectivity index (χ0v) is 50.2. The maximum atomic E-state index is 15.5. The number of rotatable bonds is 14. The molecule has 0 aliphatic carbocycles. The molecule has 8 heterocycles. The summed E-state index contributed by atoms with van der Waals surface area (Å²) < 4.78 is 62.8. The van der Waals surface area contributed by atoms with Gasteiger partial charge in [0, 0.05) is 58.2 Å². The van der Waals surface area contributed by atoms with Crippen molar-refractivity contribution in [1.29, 1.82) is 0 Å². The molecule has 29 heteroatoms. The number of amides is 7. The van der Waals surface area contributed by atoms with Gasteiger partial charge in [-0.3, -0.25) is 42.9 Å². The van der Waals surface area contributed by atoms with Gasteiger partial charge >= 0.3 is 5.97 Å². The van der Waals surface area contributed by atoms with Crippen LogP contribution in [0.4, 0.5) is 28.9 Å². The topological polar surface area (TPSA) is 290 Å². The van der Waals surface area contributed by atoms with Crippen molar-refractivity contribution in [2.75, 3.05) is 49.9 Å². The smallest absolute Gasteiger partial charge is 0.345 e. The minimum Gasteiger partial charge on any atom is -0.477 e. The molecule has 4 aliphatic rings. The van der Waals surface area contributed by atoms with E-state index in [0.29, 0.717) is 49.4 Å². The molecule has 0 saturated carbocycles. The van der Waals surface area contributed by atoms with Crippen molar-refractivity contribution in [2.45, 2.75) is 90.9 Å². The highest BCUT2D eigenvalue weighted by atomic mass is 35.5. The van der Waals surface area contributed by atoms with Crippen LogP contribution < -0.4 is 27.4 Å². The maximum Gasteiger partial charge on any atom is 0.345 e. The summed E-state index contributed by atoms with van der Waals surface area (Å²) in [7, 11) is 0. The highest BCUT2D eigenvalue weighted by Gasteiger charge is 2.42. The number of aromatic carboxylic acids is 1. The Bertz CT molecular complexity index is 4090. The van der Waals surface area contributed by atoms with E-state index >= 15 is 8.78 Å². The van der Waals surface area contributed by atoms with Crippen molar-refractivity contribution in [3.63, 3.8) is 0 Å². The number of thiophene rings is 2. The first-order valence-corrected chi connectivity index (χ1v) is 30.4. The molecule has 0 bridgehead atoms. The van der Waals surface area contributed by atoms with E-state index < -0.39 is 97.1 Å². The fourth-order valence-corrected chi connectivity index (χ4v) is 13.5. The molecule has 4 fully saturated rings. The number of carboxylic acid groups (broad SMARTS) is 1. The fraction of sp³-hybridized carbons (Fsp3) is 0.323. The Labute approximate surface area is 537 Å². The molecular weight excluding hydrogens is 1270 g/mol. The predicted molar refractivity (Wildman–Crippen MR) is 341 cm³/mol. The van der Waals surface area contributed by atoms with Crippen molar-refractivity contribution in [1.82, 2.24) is 39.6 Å². The number of nitrogens with zero attached hydrogens (tertiary/aromatic N) is 7. The van der Waals surface area contributed by atoms with E-state index in [0.717, 1.165) is 50.0 Å². The van der Waals surface area contributed by atoms with Crippen molar-refractivity contribution in [2.24, 2.45) is 11.5 Å². The minimum atomic E-state index is -1.52. The van der Waals surface area contributed by atoms with Gasteiger partial charge < -0.3 is 47.2 Å². The van der Waals surface area contributed by atoms with Crippen LogP contribution in [0.15, 0.2) is 97.1 Å². The van der Waals surface area contributed by atoms with Crippen molar-refractivity contribution in [3.05, 3.63) is 140 Å². The number of nitrogens with one attached hydrogen (secondary N) is 3. The van der Waals surface area contributed by atoms with E-state index in [2.05, 4.69) is 26.1 Å². The van der Waals surface area contributed by atoms with Gasteiger partial charge in [-0.05, 0) is 75.2 Å². The van der Waals surface area contributed by atoms with Crippen LogP contribution in [0.25, 0.3) is 42.7 Å². The van der Waals surface area contributed by atoms with Crippen LogP contribution in [-0.2, 0) is 32.3 Å². The number of fused-ring (bicyclic) bond motifs is 2. The average Bonchev–Trinajstić information content (AvgIpc) is 1.65. The number of aromatic nitrogens is 4. The molecule has 4 aliphatic heterocycles. The minimum absolute atomic E-state index is 0. The molecule has 8 aromatic rings. The lowest BCUT2D eigenvalue weighted by Gasteiger charge is -2.24. The van der Waals surface area contributed by atoms with E-state index in [1.165, 1.54) is 67.0 Å². The summed E-state index contributed by atoms with van der Waals surface area (Å²) in [5.41, 5.74) is 12.0. The van der Waals surface area contributed by atoms with E-state index in [4.69, 9.17) is 34.7 Å². The molecule has 4 atom stereocenters. The number of carbonyl (C=O) groups is 8. The lowest BCUT2D eigenvalue weighted by Crippen LogP contribution is -2.44. The van der Waals surface area contributed by atoms with Gasteiger partial charge in [-0.1, -0.05) is 98.7 Å². The van der Waals surface area contributed by atoms with Crippen LogP contribution in [0.2, 0.25) is 10.0 Å². The molecule has 21 nitrogen and oxygen atoms in total. The molecule has 0 spiro atoms. The van der Waals surface area contributed by atoms with Gasteiger partial charge in [0.05, 0.1) is 49.8 Å². The Morgan fingerprint density at radius 3 is 1.40 bits per heavy atom. The number of benzene rings is 4. The number of hydrogen-bond donors (Lipinski definition) is 6. The number of alkyl halides is 2. The zero-order valence-electron chi connectivity index (χ0n) is 47.0. The number of primary amides is 2. The monoisotopic (exact) mass is 1330 g/mol. The highest BCUT2D eigenvalue weighted by Crippen LogP contribution is 2.37. The van der Waals surface area contributed by atoms with Crippen LogP contribution in [0.1, 0.15) is 93.7 Å². The Kier molecular flexibility index (Phi) is 22.1. The predicted octanol–water partition coefficient (Wildman–Crippen LogP) is 10.0. The summed E-state index contributed by atoms with van der Waals surface area (Å²) in [6.45, 7) is 2.07. The Morgan fingerprint density at radius 1 is 0.593 bits per heavy atom. The normalized spacial score (nSPS) is 17.5. The maximum absolute atomic E-state index is 15.5. The molecule has 8 N–H and O–H groups in total. The standard InChI is InChI=1S/C30H27ClF2N6O4S.C26H20ClF2N5O5S.C4H9N.2CH4/c31-19-8-2-1-6-17(19)18-7-5-9-20(25(18)33)35-29(42)22-12-16(32)14-38(22)24(40)15-39-21-13-23(30(43)37-10-3-4-11-37)44-27(21)26(36-39)28(34)41;27-15-6-2-1-4-13(15)14-5-3-7-16(21(14)29)31-25(37)18-8-12(28)10-33(18)20(35)11-34-17-9-19(26(38)39)40-23(17)22(32-34)24(30)36;1-2-4-5-3-1;;/h1-2,5-9,13,16,22H,3-4,10-12,14-15H2,(H2,34,41)(H,35,42);1-7,9,12,18H,8,10-11H2,(H2,30,36)(H,31,37)(H,38,39);5H,1-4H2;2*1H4/t16-,22+;12-,18+;;;/m11.../s1. The number of nitrogens with two attached hydrogens (primary N) is 2. The second-order valence-corrected chi connectivity index (χ2v) is 24.1. The summed E-state index contributed by atoms with van der Waals surface area (Å²) in [5, 5.41) is 26.4. The quantitative estimate of drug-likeness (QED) is 0.0555. The zero-order chi connectivity index (χ0) is 63.4. The van der Waals surface area contributed by atoms with Crippen LogP contribution in [0, 0.1) is 11.6 Å². The summed E-state index contributed by atoms with van der Waals surface area (Å²) in [4.78, 5) is 106. The van der Waals surface area contributed by atoms with Crippen LogP contribution in [-0.4, -0.2) is 150 Å². The highest BCUT2D eigenvalue weighted by molar-refractivity contribution is 7.21. The van der Waals surface area contributed by atoms with E-state index in [1.807, 2.05) is 0 Å². The first kappa shape index (κ1) is 68.2. The molecule has 7 amide bonds. The summed E-state index contributed by atoms with van der Waals surface area (Å²) >= 11 is 14.3. The largest absolute Gasteiger partial charge is 0.477 e. The molecule has 0 unspecified atom stereocenters. The van der Waals surface area contributed by atoms with Crippen molar-refractivity contribution in [3.8, 4) is 22.3 Å². The summed E-state index contributed by atoms with van der Waals surface area (Å²) in [6.07, 6.45) is 0.996.